The highest BCUT2D eigenvalue weighted by Crippen LogP contribution is 2.27. The first kappa shape index (κ1) is 17.3. The van der Waals surface area contributed by atoms with Crippen LogP contribution in [0.25, 0.3) is 16.2 Å². The molecule has 0 unspecified atom stereocenters. The first-order valence-electron chi connectivity index (χ1n) is 8.83. The molecule has 0 bridgehead atoms. The number of nitrogens with zero attached hydrogens (tertiary/aromatic N) is 6. The summed E-state index contributed by atoms with van der Waals surface area (Å²) in [7, 11) is 0. The molecule has 0 aliphatic carbocycles. The number of aryl methyl sites for hydroxylation is 1. The molecule has 142 valence electrons. The van der Waals surface area contributed by atoms with Gasteiger partial charge in [-0.25, -0.2) is 19.5 Å². The number of pyridine rings is 1. The number of rotatable bonds is 5. The summed E-state index contributed by atoms with van der Waals surface area (Å²) in [5.41, 5.74) is 3.58. The summed E-state index contributed by atoms with van der Waals surface area (Å²) in [5, 5.41) is 8.59. The van der Waals surface area contributed by atoms with Gasteiger partial charge in [-0.05, 0) is 43.3 Å². The van der Waals surface area contributed by atoms with Crippen LogP contribution in [0.15, 0.2) is 67.4 Å². The van der Waals surface area contributed by atoms with Crippen molar-refractivity contribution < 1.29 is 4.74 Å². The largest absolute Gasteiger partial charge is 0.439 e. The molecule has 0 aliphatic heterocycles. The second-order valence-electron chi connectivity index (χ2n) is 6.25. The van der Waals surface area contributed by atoms with Gasteiger partial charge in [0.1, 0.15) is 12.1 Å². The first-order chi connectivity index (χ1) is 14.2. The molecule has 0 aliphatic rings. The van der Waals surface area contributed by atoms with Crippen molar-refractivity contribution in [2.75, 3.05) is 5.32 Å². The van der Waals surface area contributed by atoms with E-state index in [9.17, 15) is 0 Å². The summed E-state index contributed by atoms with van der Waals surface area (Å²) < 4.78 is 7.51. The van der Waals surface area contributed by atoms with Gasteiger partial charge in [0.25, 0.3) is 0 Å². The maximum absolute atomic E-state index is 5.74. The van der Waals surface area contributed by atoms with Crippen LogP contribution in [0, 0.1) is 6.92 Å². The Bertz CT molecular complexity index is 1230. The topological polar surface area (TPSA) is 90.1 Å². The predicted molar refractivity (Wildman–Crippen MR) is 111 cm³/mol. The van der Waals surface area contributed by atoms with E-state index in [1.165, 1.54) is 17.7 Å². The van der Waals surface area contributed by atoms with E-state index in [1.54, 1.807) is 23.0 Å². The molecule has 8 nitrogen and oxygen atoms in total. The highest BCUT2D eigenvalue weighted by Gasteiger charge is 2.10. The van der Waals surface area contributed by atoms with E-state index in [0.29, 0.717) is 11.6 Å². The molecule has 0 atom stereocenters. The monoisotopic (exact) mass is 401 g/mol. The number of fused-ring (bicyclic) bond motifs is 1. The van der Waals surface area contributed by atoms with Crippen molar-refractivity contribution >= 4 is 27.1 Å². The summed E-state index contributed by atoms with van der Waals surface area (Å²) >= 11 is 1.48. The maximum atomic E-state index is 5.74. The van der Waals surface area contributed by atoms with Gasteiger partial charge in [-0.2, -0.15) is 0 Å². The average Bonchev–Trinajstić information content (AvgIpc) is 3.29. The van der Waals surface area contributed by atoms with Crippen LogP contribution < -0.4 is 10.1 Å². The van der Waals surface area contributed by atoms with E-state index in [-0.39, 0.29) is 0 Å². The van der Waals surface area contributed by atoms with Crippen LogP contribution in [0.4, 0.5) is 10.8 Å². The lowest BCUT2D eigenvalue weighted by atomic mass is 10.2. The molecule has 1 N–H and O–H groups in total. The number of imidazole rings is 1. The summed E-state index contributed by atoms with van der Waals surface area (Å²) in [4.78, 5) is 17.7. The number of aromatic nitrogens is 6. The normalized spacial score (nSPS) is 10.9. The lowest BCUT2D eigenvalue weighted by molar-refractivity contribution is 0.461. The molecule has 4 aromatic heterocycles. The van der Waals surface area contributed by atoms with Crippen molar-refractivity contribution in [3.63, 3.8) is 0 Å². The Labute approximate surface area is 169 Å². The van der Waals surface area contributed by atoms with Gasteiger partial charge >= 0.3 is 0 Å². The molecule has 0 amide bonds. The molecule has 5 rings (SSSR count). The number of hydrogen-bond acceptors (Lipinski definition) is 8. The molecule has 1 aromatic carbocycles. The van der Waals surface area contributed by atoms with Crippen LogP contribution in [0.2, 0.25) is 0 Å². The summed E-state index contributed by atoms with van der Waals surface area (Å²) in [5.74, 6) is 1.22. The third-order valence-corrected chi connectivity index (χ3v) is 4.95. The quantitative estimate of drug-likeness (QED) is 0.464. The molecule has 5 aromatic rings. The summed E-state index contributed by atoms with van der Waals surface area (Å²) in [6, 6.07) is 13.3. The van der Waals surface area contributed by atoms with Crippen LogP contribution in [0.3, 0.4) is 0 Å². The first-order valence-corrected chi connectivity index (χ1v) is 9.65. The maximum Gasteiger partial charge on any atom is 0.222 e. The third kappa shape index (κ3) is 3.76. The van der Waals surface area contributed by atoms with Gasteiger partial charge in [-0.3, -0.25) is 4.98 Å². The summed E-state index contributed by atoms with van der Waals surface area (Å²) in [6.45, 7) is 1.89. The van der Waals surface area contributed by atoms with Gasteiger partial charge in [-0.15, -0.1) is 5.10 Å². The van der Waals surface area contributed by atoms with Gasteiger partial charge < -0.3 is 10.1 Å². The second kappa shape index (κ2) is 7.28. The van der Waals surface area contributed by atoms with Crippen LogP contribution >= 0.6 is 11.3 Å². The Balaban J connectivity index is 1.30. The minimum absolute atomic E-state index is 0.517. The minimum Gasteiger partial charge on any atom is -0.439 e. The van der Waals surface area contributed by atoms with E-state index < -0.39 is 0 Å². The zero-order chi connectivity index (χ0) is 19.6. The number of benzene rings is 1. The van der Waals surface area contributed by atoms with Crippen LogP contribution in [-0.4, -0.2) is 29.5 Å². The number of ether oxygens (including phenoxy) is 1. The SMILES string of the molecule is Cc1cc(Oc2ccc(Nc3nn4cc(-c5cccnc5)nc4s3)cc2)ncn1. The average molecular weight is 401 g/mol. The fourth-order valence-electron chi connectivity index (χ4n) is 2.74. The molecule has 0 fully saturated rings. The Hall–Kier alpha value is -3.85. The predicted octanol–water partition coefficient (Wildman–Crippen LogP) is 4.49. The highest BCUT2D eigenvalue weighted by atomic mass is 32.1. The van der Waals surface area contributed by atoms with Gasteiger partial charge in [0.15, 0.2) is 0 Å². The Morgan fingerprint density at radius 2 is 2.00 bits per heavy atom. The molecule has 0 saturated heterocycles. The zero-order valence-corrected chi connectivity index (χ0v) is 16.2. The highest BCUT2D eigenvalue weighted by molar-refractivity contribution is 7.20. The molecular weight excluding hydrogens is 386 g/mol. The Morgan fingerprint density at radius 3 is 2.76 bits per heavy atom. The lowest BCUT2D eigenvalue weighted by Gasteiger charge is -2.06. The number of hydrogen-bond donors (Lipinski definition) is 1. The summed E-state index contributed by atoms with van der Waals surface area (Å²) in [6.07, 6.45) is 6.92. The standard InChI is InChI=1S/C20H15N7OS/c1-13-9-18(23-12-22-13)28-16-6-4-15(5-7-16)24-19-26-27-11-17(25-20(27)29-19)14-3-2-8-21-10-14/h2-12H,1H3,(H,24,26). The van der Waals surface area contributed by atoms with Crippen molar-refractivity contribution in [2.24, 2.45) is 0 Å². The van der Waals surface area contributed by atoms with Crippen molar-refractivity contribution in [3.05, 3.63) is 73.1 Å². The van der Waals surface area contributed by atoms with Crippen LogP contribution in [0.5, 0.6) is 11.6 Å². The fraction of sp³-hybridized carbons (Fsp3) is 0.0500. The number of anilines is 2. The molecular formula is C20H15N7OS. The van der Waals surface area contributed by atoms with E-state index in [1.807, 2.05) is 49.5 Å². The van der Waals surface area contributed by atoms with Crippen molar-refractivity contribution in [1.82, 2.24) is 29.5 Å². The lowest BCUT2D eigenvalue weighted by Crippen LogP contribution is -1.93. The Kier molecular flexibility index (Phi) is 4.34. The van der Waals surface area contributed by atoms with Gasteiger partial charge in [0, 0.05) is 35.4 Å². The van der Waals surface area contributed by atoms with Gasteiger partial charge in [0.05, 0.1) is 11.9 Å². The smallest absolute Gasteiger partial charge is 0.222 e. The number of nitrogens with one attached hydrogen (secondary N) is 1. The van der Waals surface area contributed by atoms with E-state index in [0.717, 1.165) is 32.7 Å². The van der Waals surface area contributed by atoms with Crippen LogP contribution in [0.1, 0.15) is 5.69 Å². The van der Waals surface area contributed by atoms with E-state index in [2.05, 4.69) is 30.4 Å². The molecule has 0 spiro atoms. The minimum atomic E-state index is 0.517. The van der Waals surface area contributed by atoms with Crippen molar-refractivity contribution in [2.45, 2.75) is 6.92 Å². The molecule has 0 saturated carbocycles. The fourth-order valence-corrected chi connectivity index (χ4v) is 3.54. The third-order valence-electron chi connectivity index (χ3n) is 4.11. The van der Waals surface area contributed by atoms with Crippen molar-refractivity contribution in [1.29, 1.82) is 0 Å². The second-order valence-corrected chi connectivity index (χ2v) is 7.21. The molecule has 0 radical (unpaired) electrons. The molecule has 29 heavy (non-hydrogen) atoms. The van der Waals surface area contributed by atoms with Gasteiger partial charge in [-0.1, -0.05) is 11.3 Å². The Morgan fingerprint density at radius 1 is 1.10 bits per heavy atom. The van der Waals surface area contributed by atoms with Crippen LogP contribution in [-0.2, 0) is 0 Å². The zero-order valence-electron chi connectivity index (χ0n) is 15.4. The van der Waals surface area contributed by atoms with E-state index in [4.69, 9.17) is 4.74 Å². The molecule has 9 heteroatoms. The van der Waals surface area contributed by atoms with Gasteiger partial charge in [0.2, 0.25) is 16.0 Å². The van der Waals surface area contributed by atoms with E-state index >= 15 is 0 Å². The van der Waals surface area contributed by atoms with Crippen molar-refractivity contribution in [3.8, 4) is 22.9 Å². The molecule has 4 heterocycles.